The van der Waals surface area contributed by atoms with Crippen LogP contribution in [0.1, 0.15) is 44.4 Å². The van der Waals surface area contributed by atoms with Gasteiger partial charge in [-0.25, -0.2) is 14.4 Å². The number of rotatable bonds is 9. The maximum absolute atomic E-state index is 12.9. The third-order valence-corrected chi connectivity index (χ3v) is 6.82. The first-order valence-corrected chi connectivity index (χ1v) is 13.1. The highest BCUT2D eigenvalue weighted by Gasteiger charge is 2.43. The van der Waals surface area contributed by atoms with Crippen LogP contribution in [-0.2, 0) is 18.9 Å². The number of hydrogen-bond donors (Lipinski definition) is 0. The first kappa shape index (κ1) is 26.4. The second-order valence-electron chi connectivity index (χ2n) is 8.32. The lowest BCUT2D eigenvalue weighted by Gasteiger charge is -2.39. The molecule has 3 aromatic carbocycles. The third kappa shape index (κ3) is 7.21. The van der Waals surface area contributed by atoms with E-state index in [2.05, 4.69) is 0 Å². The van der Waals surface area contributed by atoms with E-state index in [1.807, 2.05) is 19.1 Å². The van der Waals surface area contributed by atoms with Crippen LogP contribution in [0.4, 0.5) is 0 Å². The van der Waals surface area contributed by atoms with E-state index in [0.717, 1.165) is 0 Å². The summed E-state index contributed by atoms with van der Waals surface area (Å²) >= 11 is 1.47. The van der Waals surface area contributed by atoms with Gasteiger partial charge in [-0.3, -0.25) is 0 Å². The minimum absolute atomic E-state index is 0.124. The van der Waals surface area contributed by atoms with Gasteiger partial charge in [0, 0.05) is 6.42 Å². The molecule has 37 heavy (non-hydrogen) atoms. The van der Waals surface area contributed by atoms with Crippen LogP contribution >= 0.6 is 11.8 Å². The van der Waals surface area contributed by atoms with Crippen LogP contribution in [-0.4, -0.2) is 54.0 Å². The Hall–Kier alpha value is -3.62. The monoisotopic (exact) mass is 520 g/mol. The van der Waals surface area contributed by atoms with Gasteiger partial charge in [-0.05, 0) is 42.2 Å². The van der Waals surface area contributed by atoms with Crippen LogP contribution in [0.5, 0.6) is 0 Å². The topological polar surface area (TPSA) is 88.1 Å². The van der Waals surface area contributed by atoms with Gasteiger partial charge in [-0.2, -0.15) is 0 Å². The van der Waals surface area contributed by atoms with Gasteiger partial charge in [0.05, 0.1) is 16.7 Å². The zero-order valence-corrected chi connectivity index (χ0v) is 21.2. The molecule has 0 N–H and O–H groups in total. The summed E-state index contributed by atoms with van der Waals surface area (Å²) in [6, 6.07) is 25.9. The van der Waals surface area contributed by atoms with E-state index in [4.69, 9.17) is 18.9 Å². The van der Waals surface area contributed by atoms with Crippen LogP contribution in [0.3, 0.4) is 0 Å². The summed E-state index contributed by atoms with van der Waals surface area (Å²) in [5.41, 5.74) is 0.681. The van der Waals surface area contributed by atoms with E-state index in [1.54, 1.807) is 78.9 Å². The molecule has 7 nitrogen and oxygen atoms in total. The number of ether oxygens (including phenoxy) is 4. The lowest BCUT2D eigenvalue weighted by atomic mass is 10.0. The highest BCUT2D eigenvalue weighted by Crippen LogP contribution is 2.33. The molecule has 0 radical (unpaired) electrons. The Morgan fingerprint density at radius 2 is 1.19 bits per heavy atom. The Bertz CT molecular complexity index is 1170. The SMILES string of the molecule is CCS[C@@H]1O[C@H](COC(=O)c2ccccc2)[C@@H](OC(=O)c2ccccc2)C[C@H]1OC(=O)c1ccccc1. The molecule has 0 unspecified atom stereocenters. The van der Waals surface area contributed by atoms with E-state index in [-0.39, 0.29) is 13.0 Å². The predicted octanol–water partition coefficient (Wildman–Crippen LogP) is 5.16. The van der Waals surface area contributed by atoms with E-state index in [0.29, 0.717) is 22.4 Å². The van der Waals surface area contributed by atoms with Gasteiger partial charge >= 0.3 is 17.9 Å². The Labute approximate surface area is 220 Å². The minimum atomic E-state index is -0.807. The molecule has 0 aromatic heterocycles. The van der Waals surface area contributed by atoms with Crippen molar-refractivity contribution in [1.82, 2.24) is 0 Å². The van der Waals surface area contributed by atoms with Crippen molar-refractivity contribution in [3.63, 3.8) is 0 Å². The molecule has 0 bridgehead atoms. The standard InChI is InChI=1S/C29H28O7S/c1-2-37-29-24(35-28(32)22-16-10-5-11-17-22)18-23(34-27(31)21-14-8-4-9-15-21)25(36-29)19-33-26(30)20-12-6-3-7-13-20/h3-17,23-25,29H,2,18-19H2,1H3/t23-,24+,25+,29-/m0/s1. The number of hydrogen-bond acceptors (Lipinski definition) is 8. The molecule has 192 valence electrons. The molecule has 8 heteroatoms. The van der Waals surface area contributed by atoms with Crippen molar-refractivity contribution in [3.8, 4) is 0 Å². The van der Waals surface area contributed by atoms with E-state index in [9.17, 15) is 14.4 Å². The molecule has 1 saturated heterocycles. The van der Waals surface area contributed by atoms with Crippen LogP contribution in [0.2, 0.25) is 0 Å². The van der Waals surface area contributed by atoms with Crippen molar-refractivity contribution in [2.75, 3.05) is 12.4 Å². The lowest BCUT2D eigenvalue weighted by molar-refractivity contribution is -0.154. The number of esters is 3. The largest absolute Gasteiger partial charge is 0.459 e. The summed E-state index contributed by atoms with van der Waals surface area (Å²) in [7, 11) is 0. The Kier molecular flexibility index (Phi) is 9.35. The summed E-state index contributed by atoms with van der Waals surface area (Å²) in [6.07, 6.45) is -2.02. The molecule has 4 atom stereocenters. The normalized spacial score (nSPS) is 21.0. The average Bonchev–Trinajstić information content (AvgIpc) is 2.94. The minimum Gasteiger partial charge on any atom is -0.459 e. The van der Waals surface area contributed by atoms with Crippen LogP contribution in [0.25, 0.3) is 0 Å². The quantitative estimate of drug-likeness (QED) is 0.282. The molecule has 0 spiro atoms. The second kappa shape index (κ2) is 13.1. The lowest BCUT2D eigenvalue weighted by Crippen LogP contribution is -2.51. The molecule has 0 amide bonds. The van der Waals surface area contributed by atoms with Crippen molar-refractivity contribution in [2.24, 2.45) is 0 Å². The fourth-order valence-corrected chi connectivity index (χ4v) is 4.83. The van der Waals surface area contributed by atoms with Gasteiger partial charge in [0.15, 0.2) is 0 Å². The maximum Gasteiger partial charge on any atom is 0.338 e. The van der Waals surface area contributed by atoms with Crippen molar-refractivity contribution in [1.29, 1.82) is 0 Å². The molecule has 0 aliphatic carbocycles. The van der Waals surface area contributed by atoms with Crippen molar-refractivity contribution in [3.05, 3.63) is 108 Å². The Morgan fingerprint density at radius 1 is 0.730 bits per heavy atom. The molecule has 1 aliphatic rings. The third-order valence-electron chi connectivity index (χ3n) is 5.75. The smallest absolute Gasteiger partial charge is 0.338 e. The average molecular weight is 521 g/mol. The number of carbonyl (C=O) groups is 3. The van der Waals surface area contributed by atoms with E-state index < -0.39 is 41.7 Å². The van der Waals surface area contributed by atoms with Gasteiger partial charge in [-0.1, -0.05) is 61.5 Å². The van der Waals surface area contributed by atoms with Gasteiger partial charge in [0.25, 0.3) is 0 Å². The highest BCUT2D eigenvalue weighted by molar-refractivity contribution is 7.99. The molecule has 4 rings (SSSR count). The first-order valence-electron chi connectivity index (χ1n) is 12.1. The summed E-state index contributed by atoms with van der Waals surface area (Å²) in [6.45, 7) is 1.84. The summed E-state index contributed by atoms with van der Waals surface area (Å²) in [5, 5.41) is 0. The molecule has 0 saturated carbocycles. The fourth-order valence-electron chi connectivity index (χ4n) is 3.90. The summed E-state index contributed by atoms with van der Waals surface area (Å²) < 4.78 is 23.4. The van der Waals surface area contributed by atoms with Crippen molar-refractivity contribution >= 4 is 29.7 Å². The van der Waals surface area contributed by atoms with Gasteiger partial charge in [0.2, 0.25) is 0 Å². The van der Waals surface area contributed by atoms with Gasteiger partial charge < -0.3 is 18.9 Å². The maximum atomic E-state index is 12.9. The first-order chi connectivity index (χ1) is 18.0. The van der Waals surface area contributed by atoms with Crippen LogP contribution in [0.15, 0.2) is 91.0 Å². The number of carbonyl (C=O) groups excluding carboxylic acids is 3. The Balaban J connectivity index is 1.51. The van der Waals surface area contributed by atoms with Crippen LogP contribution < -0.4 is 0 Å². The van der Waals surface area contributed by atoms with Crippen molar-refractivity contribution in [2.45, 2.75) is 37.1 Å². The van der Waals surface area contributed by atoms with E-state index in [1.165, 1.54) is 11.8 Å². The predicted molar refractivity (Wildman–Crippen MR) is 139 cm³/mol. The van der Waals surface area contributed by atoms with E-state index >= 15 is 0 Å². The highest BCUT2D eigenvalue weighted by atomic mass is 32.2. The fraction of sp³-hybridized carbons (Fsp3) is 0.276. The zero-order valence-electron chi connectivity index (χ0n) is 20.4. The van der Waals surface area contributed by atoms with Crippen molar-refractivity contribution < 1.29 is 33.3 Å². The Morgan fingerprint density at radius 3 is 1.68 bits per heavy atom. The summed E-state index contributed by atoms with van der Waals surface area (Å²) in [4.78, 5) is 38.2. The molecule has 1 heterocycles. The van der Waals surface area contributed by atoms with Gasteiger partial charge in [0.1, 0.15) is 30.4 Å². The molecular weight excluding hydrogens is 492 g/mol. The second-order valence-corrected chi connectivity index (χ2v) is 9.69. The van der Waals surface area contributed by atoms with Gasteiger partial charge in [-0.15, -0.1) is 11.8 Å². The molecule has 3 aromatic rings. The molecule has 1 fully saturated rings. The molecular formula is C29H28O7S. The van der Waals surface area contributed by atoms with Crippen LogP contribution in [0, 0.1) is 0 Å². The molecule has 1 aliphatic heterocycles. The zero-order chi connectivity index (χ0) is 26.0. The summed E-state index contributed by atoms with van der Waals surface area (Å²) in [5.74, 6) is -0.828. The number of benzene rings is 3. The number of thioether (sulfide) groups is 1.